The summed E-state index contributed by atoms with van der Waals surface area (Å²) in [7, 11) is 0. The Balaban J connectivity index is 1.58. The predicted molar refractivity (Wildman–Crippen MR) is 124 cm³/mol. The van der Waals surface area contributed by atoms with E-state index in [0.717, 1.165) is 5.56 Å². The van der Waals surface area contributed by atoms with Crippen LogP contribution in [-0.4, -0.2) is 33.8 Å². The number of carbonyl (C=O) groups is 1. The number of nitrogens with zero attached hydrogens (tertiary/aromatic N) is 3. The van der Waals surface area contributed by atoms with Crippen LogP contribution >= 0.6 is 0 Å². The van der Waals surface area contributed by atoms with Gasteiger partial charge in [-0.05, 0) is 44.5 Å². The second kappa shape index (κ2) is 10.4. The number of aromatic nitrogens is 1. The maximum atomic E-state index is 12.8. The van der Waals surface area contributed by atoms with E-state index < -0.39 is 0 Å². The van der Waals surface area contributed by atoms with Crippen molar-refractivity contribution in [1.29, 1.82) is 0 Å². The summed E-state index contributed by atoms with van der Waals surface area (Å²) in [6.07, 6.45) is 1.54. The van der Waals surface area contributed by atoms with Crippen LogP contribution in [0.1, 0.15) is 31.9 Å². The first-order valence-corrected chi connectivity index (χ1v) is 10.3. The number of hydrogen-bond donors (Lipinski definition) is 1. The van der Waals surface area contributed by atoms with Gasteiger partial charge in [0, 0.05) is 29.9 Å². The number of amidine groups is 1. The van der Waals surface area contributed by atoms with E-state index in [1.54, 1.807) is 23.2 Å². The SMILES string of the molecule is CC(C)(C)N(Cc1ccccc1)C(=O)CO/N=C(/N)c1ccc(Oc2ccccc2)nc1. The molecule has 0 spiro atoms. The molecule has 7 nitrogen and oxygen atoms in total. The third kappa shape index (κ3) is 6.57. The zero-order valence-electron chi connectivity index (χ0n) is 18.6. The van der Waals surface area contributed by atoms with Crippen LogP contribution in [0.4, 0.5) is 0 Å². The third-order valence-electron chi connectivity index (χ3n) is 4.64. The number of rotatable bonds is 8. The number of ether oxygens (including phenoxy) is 1. The monoisotopic (exact) mass is 432 g/mol. The lowest BCUT2D eigenvalue weighted by Gasteiger charge is -2.35. The number of hydrogen-bond acceptors (Lipinski definition) is 5. The fourth-order valence-electron chi connectivity index (χ4n) is 2.95. The Bertz CT molecular complexity index is 1030. The van der Waals surface area contributed by atoms with Crippen molar-refractivity contribution in [3.63, 3.8) is 0 Å². The molecular weight excluding hydrogens is 404 g/mol. The molecule has 1 heterocycles. The first-order chi connectivity index (χ1) is 15.3. The van der Waals surface area contributed by atoms with E-state index in [4.69, 9.17) is 15.3 Å². The number of benzene rings is 2. The van der Waals surface area contributed by atoms with Crippen LogP contribution in [-0.2, 0) is 16.2 Å². The highest BCUT2D eigenvalue weighted by Gasteiger charge is 2.26. The molecule has 3 rings (SSSR count). The number of pyridine rings is 1. The number of nitrogens with two attached hydrogens (primary N) is 1. The molecular formula is C25H28N4O3. The maximum Gasteiger partial charge on any atom is 0.264 e. The van der Waals surface area contributed by atoms with Gasteiger partial charge in [-0.25, -0.2) is 4.98 Å². The molecule has 1 aromatic heterocycles. The Morgan fingerprint density at radius 2 is 1.66 bits per heavy atom. The van der Waals surface area contributed by atoms with E-state index in [2.05, 4.69) is 10.1 Å². The van der Waals surface area contributed by atoms with Crippen LogP contribution in [0.25, 0.3) is 0 Å². The van der Waals surface area contributed by atoms with Crippen molar-refractivity contribution in [3.05, 3.63) is 90.1 Å². The standard InChI is InChI=1S/C25H28N4O3/c1-25(2,3)29(17-19-10-6-4-7-11-19)23(30)18-31-28-24(26)20-14-15-22(27-16-20)32-21-12-8-5-9-13-21/h4-16H,17-18H2,1-3H3,(H2,26,28). The summed E-state index contributed by atoms with van der Waals surface area (Å²) in [4.78, 5) is 24.0. The van der Waals surface area contributed by atoms with Crippen molar-refractivity contribution in [1.82, 2.24) is 9.88 Å². The van der Waals surface area contributed by atoms with E-state index >= 15 is 0 Å². The molecule has 0 saturated heterocycles. The minimum atomic E-state index is -0.371. The van der Waals surface area contributed by atoms with Gasteiger partial charge >= 0.3 is 0 Å². The molecule has 3 aromatic rings. The highest BCUT2D eigenvalue weighted by atomic mass is 16.6. The highest BCUT2D eigenvalue weighted by Crippen LogP contribution is 2.19. The molecule has 1 amide bonds. The van der Waals surface area contributed by atoms with Crippen LogP contribution in [0.15, 0.2) is 84.1 Å². The largest absolute Gasteiger partial charge is 0.439 e. The summed E-state index contributed by atoms with van der Waals surface area (Å²) in [6.45, 7) is 6.22. The van der Waals surface area contributed by atoms with Crippen LogP contribution < -0.4 is 10.5 Å². The van der Waals surface area contributed by atoms with Crippen molar-refractivity contribution < 1.29 is 14.4 Å². The molecule has 2 aromatic carbocycles. The Morgan fingerprint density at radius 3 is 2.25 bits per heavy atom. The number of carbonyl (C=O) groups excluding carboxylic acids is 1. The van der Waals surface area contributed by atoms with Gasteiger partial charge in [-0.1, -0.05) is 53.7 Å². The first-order valence-electron chi connectivity index (χ1n) is 10.3. The summed E-state index contributed by atoms with van der Waals surface area (Å²) in [6, 6.07) is 22.6. The van der Waals surface area contributed by atoms with Gasteiger partial charge in [0.15, 0.2) is 12.4 Å². The molecule has 0 aliphatic rings. The topological polar surface area (TPSA) is 90.0 Å². The number of amides is 1. The summed E-state index contributed by atoms with van der Waals surface area (Å²) >= 11 is 0. The molecule has 0 fully saturated rings. The second-order valence-electron chi connectivity index (χ2n) is 8.19. The highest BCUT2D eigenvalue weighted by molar-refractivity contribution is 5.96. The van der Waals surface area contributed by atoms with Crippen LogP contribution in [0.5, 0.6) is 11.6 Å². The van der Waals surface area contributed by atoms with E-state index in [1.165, 1.54) is 0 Å². The molecule has 0 unspecified atom stereocenters. The summed E-state index contributed by atoms with van der Waals surface area (Å²) in [5, 5.41) is 3.89. The van der Waals surface area contributed by atoms with Crippen molar-refractivity contribution >= 4 is 11.7 Å². The summed E-state index contributed by atoms with van der Waals surface area (Å²) in [5.74, 6) is 1.07. The van der Waals surface area contributed by atoms with Crippen LogP contribution in [0, 0.1) is 0 Å². The number of para-hydroxylation sites is 1. The Labute approximate surface area is 188 Å². The van der Waals surface area contributed by atoms with Crippen LogP contribution in [0.2, 0.25) is 0 Å². The Hall–Kier alpha value is -3.87. The van der Waals surface area contributed by atoms with E-state index in [-0.39, 0.29) is 23.9 Å². The molecule has 0 bridgehead atoms. The third-order valence-corrected chi connectivity index (χ3v) is 4.64. The smallest absolute Gasteiger partial charge is 0.264 e. The quantitative estimate of drug-likeness (QED) is 0.325. The lowest BCUT2D eigenvalue weighted by atomic mass is 10.0. The van der Waals surface area contributed by atoms with Crippen LogP contribution in [0.3, 0.4) is 0 Å². The van der Waals surface area contributed by atoms with Gasteiger partial charge in [0.25, 0.3) is 5.91 Å². The summed E-state index contributed by atoms with van der Waals surface area (Å²) < 4.78 is 5.66. The molecule has 32 heavy (non-hydrogen) atoms. The number of oxime groups is 1. The fourth-order valence-corrected chi connectivity index (χ4v) is 2.95. The minimum absolute atomic E-state index is 0.127. The summed E-state index contributed by atoms with van der Waals surface area (Å²) in [5.41, 5.74) is 7.23. The predicted octanol–water partition coefficient (Wildman–Crippen LogP) is 4.34. The van der Waals surface area contributed by atoms with Gasteiger partial charge < -0.3 is 20.2 Å². The van der Waals surface area contributed by atoms with Crippen molar-refractivity contribution in [2.75, 3.05) is 6.61 Å². The Morgan fingerprint density at radius 1 is 1.00 bits per heavy atom. The van der Waals surface area contributed by atoms with Gasteiger partial charge in [-0.15, -0.1) is 0 Å². The molecule has 2 N–H and O–H groups in total. The molecule has 0 saturated carbocycles. The van der Waals surface area contributed by atoms with Gasteiger partial charge in [-0.2, -0.15) is 0 Å². The Kier molecular flexibility index (Phi) is 7.44. The van der Waals surface area contributed by atoms with E-state index in [0.29, 0.717) is 23.7 Å². The van der Waals surface area contributed by atoms with E-state index in [1.807, 2.05) is 81.4 Å². The fraction of sp³-hybridized carbons (Fsp3) is 0.240. The molecule has 0 aliphatic carbocycles. The van der Waals surface area contributed by atoms with Gasteiger partial charge in [-0.3, -0.25) is 4.79 Å². The average Bonchev–Trinajstić information content (AvgIpc) is 2.78. The van der Waals surface area contributed by atoms with Gasteiger partial charge in [0.2, 0.25) is 5.88 Å². The molecule has 0 radical (unpaired) electrons. The molecule has 0 atom stereocenters. The molecule has 166 valence electrons. The zero-order chi connectivity index (χ0) is 23.0. The lowest BCUT2D eigenvalue weighted by Crippen LogP contribution is -2.46. The van der Waals surface area contributed by atoms with E-state index in [9.17, 15) is 4.79 Å². The van der Waals surface area contributed by atoms with Crippen molar-refractivity contribution in [3.8, 4) is 11.6 Å². The average molecular weight is 433 g/mol. The maximum absolute atomic E-state index is 12.8. The van der Waals surface area contributed by atoms with Gasteiger partial charge in [0.1, 0.15) is 5.75 Å². The van der Waals surface area contributed by atoms with Gasteiger partial charge in [0.05, 0.1) is 0 Å². The van der Waals surface area contributed by atoms with Crippen molar-refractivity contribution in [2.45, 2.75) is 32.9 Å². The molecule has 7 heteroatoms. The second-order valence-corrected chi connectivity index (χ2v) is 8.19. The lowest BCUT2D eigenvalue weighted by molar-refractivity contribution is -0.141. The zero-order valence-corrected chi connectivity index (χ0v) is 18.6. The first kappa shape index (κ1) is 22.8. The normalized spacial score (nSPS) is 11.7. The van der Waals surface area contributed by atoms with Crippen molar-refractivity contribution in [2.24, 2.45) is 10.9 Å². The minimum Gasteiger partial charge on any atom is -0.439 e. The molecule has 0 aliphatic heterocycles.